The summed E-state index contributed by atoms with van der Waals surface area (Å²) in [5, 5.41) is 7.67. The summed E-state index contributed by atoms with van der Waals surface area (Å²) < 4.78 is 32.8. The summed E-state index contributed by atoms with van der Waals surface area (Å²) in [6, 6.07) is 9.01. The van der Waals surface area contributed by atoms with Gasteiger partial charge in [-0.2, -0.15) is 0 Å². The van der Waals surface area contributed by atoms with Gasteiger partial charge in [0.25, 0.3) is 5.91 Å². The molecule has 0 aliphatic rings. The van der Waals surface area contributed by atoms with Crippen LogP contribution < -0.4 is 10.5 Å². The van der Waals surface area contributed by atoms with Crippen molar-refractivity contribution in [1.29, 1.82) is 0 Å². The smallest absolute Gasteiger partial charge is 0.375 e. The van der Waals surface area contributed by atoms with Crippen LogP contribution in [0.4, 0.5) is 0 Å². The largest absolute Gasteiger partial charge is 0.447 e. The molecule has 1 aromatic heterocycles. The van der Waals surface area contributed by atoms with E-state index in [-0.39, 0.29) is 10.7 Å². The first-order chi connectivity index (χ1) is 12.2. The van der Waals surface area contributed by atoms with Gasteiger partial charge in [0.15, 0.2) is 10.8 Å². The maximum Gasteiger partial charge on any atom is 0.375 e. The van der Waals surface area contributed by atoms with E-state index in [1.165, 1.54) is 25.1 Å². The van der Waals surface area contributed by atoms with Gasteiger partial charge in [0.2, 0.25) is 15.8 Å². The molecule has 0 saturated carbocycles. The number of sulfonamides is 1. The van der Waals surface area contributed by atoms with Crippen molar-refractivity contribution < 1.29 is 27.2 Å². The van der Waals surface area contributed by atoms with Gasteiger partial charge >= 0.3 is 5.97 Å². The van der Waals surface area contributed by atoms with Gasteiger partial charge in [-0.05, 0) is 59.1 Å². The van der Waals surface area contributed by atoms with E-state index >= 15 is 0 Å². The predicted octanol–water partition coefficient (Wildman–Crippen LogP) is 1.59. The van der Waals surface area contributed by atoms with Crippen molar-refractivity contribution in [3.8, 4) is 0 Å². The monoisotopic (exact) mass is 444 g/mol. The molecule has 3 N–H and O–H groups in total. The van der Waals surface area contributed by atoms with Gasteiger partial charge in [0.1, 0.15) is 0 Å². The van der Waals surface area contributed by atoms with Crippen LogP contribution in [0, 0.1) is 0 Å². The number of nitrogens with two attached hydrogens (primary N) is 1. The van der Waals surface area contributed by atoms with Gasteiger partial charge in [-0.25, -0.2) is 18.4 Å². The second-order valence-electron chi connectivity index (χ2n) is 5.38. The Labute approximate surface area is 158 Å². The second-order valence-corrected chi connectivity index (χ2v) is 7.72. The molecule has 1 atom stereocenters. The number of primary sulfonamides is 1. The van der Waals surface area contributed by atoms with Gasteiger partial charge in [-0.3, -0.25) is 4.79 Å². The number of rotatable bonds is 7. The van der Waals surface area contributed by atoms with E-state index in [9.17, 15) is 18.0 Å². The van der Waals surface area contributed by atoms with Crippen molar-refractivity contribution in [2.45, 2.75) is 24.3 Å². The topological polar surface area (TPSA) is 129 Å². The third-order valence-corrected chi connectivity index (χ3v) is 4.75. The van der Waals surface area contributed by atoms with Crippen LogP contribution in [0.5, 0.6) is 0 Å². The van der Waals surface area contributed by atoms with Gasteiger partial charge in [-0.15, -0.1) is 0 Å². The first-order valence-corrected chi connectivity index (χ1v) is 9.86. The van der Waals surface area contributed by atoms with Crippen LogP contribution in [0.2, 0.25) is 0 Å². The van der Waals surface area contributed by atoms with Crippen molar-refractivity contribution in [2.24, 2.45) is 5.14 Å². The van der Waals surface area contributed by atoms with Crippen LogP contribution in [0.25, 0.3) is 0 Å². The molecule has 1 unspecified atom stereocenters. The minimum Gasteiger partial charge on any atom is -0.447 e. The van der Waals surface area contributed by atoms with E-state index < -0.39 is 28.0 Å². The number of nitrogens with one attached hydrogen (secondary N) is 1. The van der Waals surface area contributed by atoms with E-state index in [2.05, 4.69) is 21.2 Å². The Morgan fingerprint density at radius 1 is 1.23 bits per heavy atom. The Morgan fingerprint density at radius 2 is 1.88 bits per heavy atom. The minimum absolute atomic E-state index is 0.00790. The molecular formula is C16H17BrN2O6S. The number of carbonyl (C=O) groups is 2. The van der Waals surface area contributed by atoms with Gasteiger partial charge in [0, 0.05) is 6.54 Å². The lowest BCUT2D eigenvalue weighted by molar-refractivity contribution is -0.129. The highest BCUT2D eigenvalue weighted by atomic mass is 79.9. The van der Waals surface area contributed by atoms with E-state index in [4.69, 9.17) is 14.3 Å². The van der Waals surface area contributed by atoms with Gasteiger partial charge in [-0.1, -0.05) is 12.1 Å². The highest BCUT2D eigenvalue weighted by Crippen LogP contribution is 2.15. The summed E-state index contributed by atoms with van der Waals surface area (Å²) in [5.74, 6) is -1.20. The third kappa shape index (κ3) is 5.68. The molecule has 0 saturated heterocycles. The van der Waals surface area contributed by atoms with Gasteiger partial charge < -0.3 is 14.5 Å². The highest BCUT2D eigenvalue weighted by molar-refractivity contribution is 9.10. The number of esters is 1. The lowest BCUT2D eigenvalue weighted by atomic mass is 10.1. The molecule has 10 heteroatoms. The zero-order valence-electron chi connectivity index (χ0n) is 13.8. The Balaban J connectivity index is 1.80. The number of hydrogen-bond donors (Lipinski definition) is 2. The number of hydrogen-bond acceptors (Lipinski definition) is 6. The van der Waals surface area contributed by atoms with Crippen LogP contribution in [0.3, 0.4) is 0 Å². The van der Waals surface area contributed by atoms with Crippen molar-refractivity contribution in [3.05, 3.63) is 52.4 Å². The number of carbonyl (C=O) groups excluding carboxylic acids is 2. The average Bonchev–Trinajstić information content (AvgIpc) is 3.01. The van der Waals surface area contributed by atoms with Crippen LogP contribution in [0.1, 0.15) is 23.0 Å². The molecule has 0 fully saturated rings. The third-order valence-electron chi connectivity index (χ3n) is 3.39. The summed E-state index contributed by atoms with van der Waals surface area (Å²) in [6.45, 7) is 1.74. The molecule has 140 valence electrons. The second kappa shape index (κ2) is 8.47. The lowest BCUT2D eigenvalue weighted by Crippen LogP contribution is -2.36. The van der Waals surface area contributed by atoms with E-state index in [0.717, 1.165) is 5.56 Å². The summed E-state index contributed by atoms with van der Waals surface area (Å²) in [4.78, 5) is 23.8. The zero-order chi connectivity index (χ0) is 19.3. The van der Waals surface area contributed by atoms with Crippen molar-refractivity contribution >= 4 is 37.8 Å². The van der Waals surface area contributed by atoms with E-state index in [1.807, 2.05) is 0 Å². The molecule has 0 spiro atoms. The van der Waals surface area contributed by atoms with Crippen LogP contribution in [-0.2, 0) is 26.0 Å². The van der Waals surface area contributed by atoms with Crippen LogP contribution in [0.15, 0.2) is 50.4 Å². The van der Waals surface area contributed by atoms with E-state index in [1.54, 1.807) is 18.2 Å². The van der Waals surface area contributed by atoms with E-state index in [0.29, 0.717) is 17.6 Å². The zero-order valence-corrected chi connectivity index (χ0v) is 16.2. The number of benzene rings is 1. The predicted molar refractivity (Wildman–Crippen MR) is 95.8 cm³/mol. The quantitative estimate of drug-likeness (QED) is 0.623. The first kappa shape index (κ1) is 20.1. The van der Waals surface area contributed by atoms with Crippen molar-refractivity contribution in [3.63, 3.8) is 0 Å². The molecule has 0 aliphatic heterocycles. The standard InChI is InChI=1S/C16H17BrN2O6S/c1-10(24-16(21)13-6-7-14(17)25-13)15(20)19-9-8-11-2-4-12(5-3-11)26(18,22)23/h2-7,10H,8-9H2,1H3,(H,19,20)(H2,18,22,23). The average molecular weight is 445 g/mol. The maximum atomic E-state index is 12.0. The molecule has 1 aromatic carbocycles. The Bertz CT molecular complexity index is 892. The Hall–Kier alpha value is -2.17. The maximum absolute atomic E-state index is 12.0. The van der Waals surface area contributed by atoms with Crippen LogP contribution >= 0.6 is 15.9 Å². The summed E-state index contributed by atoms with van der Waals surface area (Å²) in [5.41, 5.74) is 0.822. The first-order valence-electron chi connectivity index (χ1n) is 7.52. The Morgan fingerprint density at radius 3 is 2.42 bits per heavy atom. The normalized spacial score (nSPS) is 12.4. The Kier molecular flexibility index (Phi) is 6.57. The molecule has 26 heavy (non-hydrogen) atoms. The van der Waals surface area contributed by atoms with Gasteiger partial charge in [0.05, 0.1) is 4.90 Å². The number of halogens is 1. The fourth-order valence-electron chi connectivity index (χ4n) is 2.02. The van der Waals surface area contributed by atoms with Crippen molar-refractivity contribution in [2.75, 3.05) is 6.54 Å². The molecule has 8 nitrogen and oxygen atoms in total. The molecule has 1 heterocycles. The summed E-state index contributed by atoms with van der Waals surface area (Å²) in [6.07, 6.45) is -0.515. The van der Waals surface area contributed by atoms with Crippen molar-refractivity contribution in [1.82, 2.24) is 5.32 Å². The summed E-state index contributed by atoms with van der Waals surface area (Å²) >= 11 is 3.07. The molecule has 0 bridgehead atoms. The lowest BCUT2D eigenvalue weighted by Gasteiger charge is -2.12. The fraction of sp³-hybridized carbons (Fsp3) is 0.250. The molecule has 0 aliphatic carbocycles. The molecule has 2 aromatic rings. The SMILES string of the molecule is CC(OC(=O)c1ccc(Br)o1)C(=O)NCCc1ccc(S(N)(=O)=O)cc1. The number of furan rings is 1. The number of ether oxygens (including phenoxy) is 1. The molecule has 1 amide bonds. The number of amides is 1. The van der Waals surface area contributed by atoms with Crippen LogP contribution in [-0.4, -0.2) is 32.9 Å². The molecular weight excluding hydrogens is 428 g/mol. The molecule has 2 rings (SSSR count). The fourth-order valence-corrected chi connectivity index (χ4v) is 2.84. The highest BCUT2D eigenvalue weighted by Gasteiger charge is 2.20. The summed E-state index contributed by atoms with van der Waals surface area (Å²) in [7, 11) is -3.73. The molecule has 0 radical (unpaired) electrons. The minimum atomic E-state index is -3.73.